The molecule has 0 fully saturated rings. The molecule has 2 heterocycles. The number of halogens is 3. The first-order valence-corrected chi connectivity index (χ1v) is 8.50. The van der Waals surface area contributed by atoms with Gasteiger partial charge in [0.2, 0.25) is 5.88 Å². The summed E-state index contributed by atoms with van der Waals surface area (Å²) in [7, 11) is 1.52. The van der Waals surface area contributed by atoms with Crippen LogP contribution in [0.25, 0.3) is 10.7 Å². The smallest absolute Gasteiger partial charge is 0.416 e. The standard InChI is InChI=1S/C17H15F3N4OS/c1-9(11-4-6-12(7-5-11)17(18,19)20)15-23-24-16(26-15)13-8-14(25-3)22-10(2)21-13/h4-9H,1-3H3. The molecule has 0 aliphatic carbocycles. The van der Waals surface area contributed by atoms with Crippen molar-refractivity contribution < 1.29 is 17.9 Å². The minimum Gasteiger partial charge on any atom is -0.481 e. The van der Waals surface area contributed by atoms with Gasteiger partial charge in [-0.05, 0) is 24.6 Å². The molecule has 1 aromatic carbocycles. The first-order valence-electron chi connectivity index (χ1n) is 7.68. The lowest BCUT2D eigenvalue weighted by Gasteiger charge is -2.10. The number of hydrogen-bond donors (Lipinski definition) is 0. The minimum absolute atomic E-state index is 0.187. The highest BCUT2D eigenvalue weighted by Gasteiger charge is 2.30. The third-order valence-electron chi connectivity index (χ3n) is 3.79. The molecule has 5 nitrogen and oxygen atoms in total. The highest BCUT2D eigenvalue weighted by molar-refractivity contribution is 7.14. The minimum atomic E-state index is -4.35. The maximum atomic E-state index is 12.7. The van der Waals surface area contributed by atoms with Gasteiger partial charge in [0.1, 0.15) is 16.5 Å². The first kappa shape index (κ1) is 18.2. The molecule has 1 unspecified atom stereocenters. The van der Waals surface area contributed by atoms with Gasteiger partial charge in [-0.2, -0.15) is 18.2 Å². The van der Waals surface area contributed by atoms with Gasteiger partial charge in [0.05, 0.1) is 12.7 Å². The van der Waals surface area contributed by atoms with Crippen molar-refractivity contribution in [3.63, 3.8) is 0 Å². The number of nitrogens with zero attached hydrogens (tertiary/aromatic N) is 4. The van der Waals surface area contributed by atoms with Gasteiger partial charge in [0.25, 0.3) is 0 Å². The molecule has 0 bridgehead atoms. The molecule has 2 aromatic heterocycles. The van der Waals surface area contributed by atoms with Crippen molar-refractivity contribution in [2.45, 2.75) is 25.9 Å². The molecule has 136 valence electrons. The van der Waals surface area contributed by atoms with Crippen LogP contribution in [0.5, 0.6) is 5.88 Å². The van der Waals surface area contributed by atoms with Crippen molar-refractivity contribution in [2.24, 2.45) is 0 Å². The second kappa shape index (κ2) is 6.99. The third-order valence-corrected chi connectivity index (χ3v) is 4.92. The molecular weight excluding hydrogens is 365 g/mol. The first-order chi connectivity index (χ1) is 12.3. The highest BCUT2D eigenvalue weighted by atomic mass is 32.1. The maximum Gasteiger partial charge on any atom is 0.416 e. The molecule has 26 heavy (non-hydrogen) atoms. The Labute approximate surface area is 151 Å². The average molecular weight is 380 g/mol. The number of methoxy groups -OCH3 is 1. The zero-order valence-electron chi connectivity index (χ0n) is 14.2. The fourth-order valence-electron chi connectivity index (χ4n) is 2.37. The Bertz CT molecular complexity index is 909. The van der Waals surface area contributed by atoms with Crippen LogP contribution in [0.4, 0.5) is 13.2 Å². The summed E-state index contributed by atoms with van der Waals surface area (Å²) in [5.74, 6) is 0.792. The van der Waals surface area contributed by atoms with Gasteiger partial charge in [0.15, 0.2) is 5.01 Å². The predicted octanol–water partition coefficient (Wildman–Crippen LogP) is 4.48. The molecule has 0 saturated heterocycles. The van der Waals surface area contributed by atoms with Crippen LogP contribution in [0.2, 0.25) is 0 Å². The Hall–Kier alpha value is -2.55. The van der Waals surface area contributed by atoms with Gasteiger partial charge in [-0.1, -0.05) is 30.4 Å². The average Bonchev–Trinajstić information content (AvgIpc) is 3.10. The zero-order chi connectivity index (χ0) is 18.9. The van der Waals surface area contributed by atoms with Crippen molar-refractivity contribution in [3.8, 4) is 16.6 Å². The highest BCUT2D eigenvalue weighted by Crippen LogP contribution is 2.34. The summed E-state index contributed by atoms with van der Waals surface area (Å²) in [5, 5.41) is 9.61. The molecule has 0 amide bonds. The van der Waals surface area contributed by atoms with Gasteiger partial charge < -0.3 is 4.74 Å². The van der Waals surface area contributed by atoms with Crippen LogP contribution >= 0.6 is 11.3 Å². The molecule has 0 spiro atoms. The SMILES string of the molecule is COc1cc(-c2nnc(C(C)c3ccc(C(F)(F)F)cc3)s2)nc(C)n1. The fourth-order valence-corrected chi connectivity index (χ4v) is 3.25. The van der Waals surface area contributed by atoms with Crippen molar-refractivity contribution >= 4 is 11.3 Å². The van der Waals surface area contributed by atoms with Crippen LogP contribution in [-0.4, -0.2) is 27.3 Å². The molecule has 0 saturated carbocycles. The number of aryl methyl sites for hydroxylation is 1. The Balaban J connectivity index is 1.86. The van der Waals surface area contributed by atoms with E-state index >= 15 is 0 Å². The van der Waals surface area contributed by atoms with Crippen molar-refractivity contribution in [2.75, 3.05) is 7.11 Å². The second-order valence-electron chi connectivity index (χ2n) is 5.63. The predicted molar refractivity (Wildman–Crippen MR) is 91.2 cm³/mol. The van der Waals surface area contributed by atoms with Crippen molar-refractivity contribution in [3.05, 3.63) is 52.3 Å². The Morgan fingerprint density at radius 2 is 1.77 bits per heavy atom. The van der Waals surface area contributed by atoms with E-state index in [1.54, 1.807) is 13.0 Å². The van der Waals surface area contributed by atoms with Crippen molar-refractivity contribution in [1.82, 2.24) is 20.2 Å². The molecule has 0 N–H and O–H groups in total. The number of aromatic nitrogens is 4. The zero-order valence-corrected chi connectivity index (χ0v) is 15.0. The lowest BCUT2D eigenvalue weighted by Crippen LogP contribution is -2.05. The number of ether oxygens (including phenoxy) is 1. The quantitative estimate of drug-likeness (QED) is 0.668. The van der Waals surface area contributed by atoms with E-state index in [0.717, 1.165) is 17.7 Å². The topological polar surface area (TPSA) is 60.8 Å². The summed E-state index contributed by atoms with van der Waals surface area (Å²) in [5.41, 5.74) is 0.657. The number of rotatable bonds is 4. The van der Waals surface area contributed by atoms with Crippen molar-refractivity contribution in [1.29, 1.82) is 0 Å². The summed E-state index contributed by atoms with van der Waals surface area (Å²) in [6.07, 6.45) is -4.35. The lowest BCUT2D eigenvalue weighted by molar-refractivity contribution is -0.137. The molecule has 1 atom stereocenters. The number of benzene rings is 1. The van der Waals surface area contributed by atoms with E-state index in [0.29, 0.717) is 27.4 Å². The second-order valence-corrected chi connectivity index (χ2v) is 6.64. The van der Waals surface area contributed by atoms with E-state index in [4.69, 9.17) is 4.74 Å². The van der Waals surface area contributed by atoms with Crippen LogP contribution in [0, 0.1) is 6.92 Å². The van der Waals surface area contributed by atoms with Gasteiger partial charge >= 0.3 is 6.18 Å². The van der Waals surface area contributed by atoms with E-state index in [1.807, 2.05) is 6.92 Å². The number of alkyl halides is 3. The van der Waals surface area contributed by atoms with Crippen LogP contribution in [0.15, 0.2) is 30.3 Å². The van der Waals surface area contributed by atoms with Crippen LogP contribution in [0.1, 0.15) is 34.8 Å². The third kappa shape index (κ3) is 3.82. The summed E-state index contributed by atoms with van der Waals surface area (Å²) < 4.78 is 43.2. The lowest BCUT2D eigenvalue weighted by atomic mass is 10.0. The summed E-state index contributed by atoms with van der Waals surface area (Å²) in [6, 6.07) is 6.75. The molecule has 3 aromatic rings. The van der Waals surface area contributed by atoms with E-state index in [9.17, 15) is 13.2 Å². The van der Waals surface area contributed by atoms with Gasteiger partial charge in [-0.15, -0.1) is 10.2 Å². The Kier molecular flexibility index (Phi) is 4.90. The fraction of sp³-hybridized carbons (Fsp3) is 0.294. The van der Waals surface area contributed by atoms with Crippen LogP contribution in [-0.2, 0) is 6.18 Å². The molecule has 0 aliphatic heterocycles. The van der Waals surface area contributed by atoms with Gasteiger partial charge in [-0.3, -0.25) is 0 Å². The largest absolute Gasteiger partial charge is 0.481 e. The maximum absolute atomic E-state index is 12.7. The molecule has 9 heteroatoms. The van der Waals surface area contributed by atoms with Crippen LogP contribution < -0.4 is 4.74 Å². The molecule has 0 aliphatic rings. The Morgan fingerprint density at radius 3 is 2.38 bits per heavy atom. The normalized spacial score (nSPS) is 12.8. The monoisotopic (exact) mass is 380 g/mol. The van der Waals surface area contributed by atoms with E-state index in [2.05, 4.69) is 20.2 Å². The van der Waals surface area contributed by atoms with E-state index in [-0.39, 0.29) is 5.92 Å². The molecule has 0 radical (unpaired) electrons. The summed E-state index contributed by atoms with van der Waals surface area (Å²) in [4.78, 5) is 8.45. The van der Waals surface area contributed by atoms with E-state index in [1.165, 1.54) is 30.6 Å². The van der Waals surface area contributed by atoms with Gasteiger partial charge in [-0.25, -0.2) is 4.98 Å². The number of hydrogen-bond acceptors (Lipinski definition) is 6. The molecular formula is C17H15F3N4OS. The van der Waals surface area contributed by atoms with Crippen LogP contribution in [0.3, 0.4) is 0 Å². The summed E-state index contributed by atoms with van der Waals surface area (Å²) >= 11 is 1.34. The molecule has 3 rings (SSSR count). The Morgan fingerprint density at radius 1 is 1.08 bits per heavy atom. The van der Waals surface area contributed by atoms with E-state index < -0.39 is 11.7 Å². The van der Waals surface area contributed by atoms with Gasteiger partial charge in [0, 0.05) is 12.0 Å². The summed E-state index contributed by atoms with van der Waals surface area (Å²) in [6.45, 7) is 3.62.